The largest absolute Gasteiger partial charge is 0.502 e. The standard InChI is InChI=1S/C21H15N7O4/c1-12-6-13(2-3-19(12)32-14-4-5-27-20(7-14)23-11-25-27)26-21-15-8-17(28(30)31)18(29)9-16(15)22-10-24-21/h2-11,29H,1H3,(H,22,24,26). The van der Waals surface area contributed by atoms with Crippen molar-refractivity contribution in [2.24, 2.45) is 0 Å². The number of hydrogen-bond acceptors (Lipinski definition) is 9. The monoisotopic (exact) mass is 429 g/mol. The number of phenols is 1. The molecule has 158 valence electrons. The Morgan fingerprint density at radius 1 is 1.09 bits per heavy atom. The van der Waals surface area contributed by atoms with Gasteiger partial charge in [-0.25, -0.2) is 19.5 Å². The number of rotatable bonds is 5. The number of pyridine rings is 1. The molecule has 3 heterocycles. The van der Waals surface area contributed by atoms with Gasteiger partial charge in [-0.15, -0.1) is 0 Å². The Balaban J connectivity index is 1.43. The van der Waals surface area contributed by atoms with Gasteiger partial charge in [0.1, 0.15) is 30.0 Å². The van der Waals surface area contributed by atoms with Crippen LogP contribution in [0.25, 0.3) is 16.6 Å². The third kappa shape index (κ3) is 3.47. The number of anilines is 2. The van der Waals surface area contributed by atoms with Crippen LogP contribution in [0.15, 0.2) is 61.3 Å². The highest BCUT2D eigenvalue weighted by atomic mass is 16.6. The number of aryl methyl sites for hydroxylation is 1. The smallest absolute Gasteiger partial charge is 0.311 e. The van der Waals surface area contributed by atoms with Crippen molar-refractivity contribution in [2.45, 2.75) is 6.92 Å². The molecule has 0 aliphatic rings. The highest BCUT2D eigenvalue weighted by molar-refractivity contribution is 5.93. The third-order valence-electron chi connectivity index (χ3n) is 4.85. The average Bonchev–Trinajstić information content (AvgIpc) is 3.23. The Kier molecular flexibility index (Phi) is 4.48. The van der Waals surface area contributed by atoms with Gasteiger partial charge in [-0.2, -0.15) is 5.10 Å². The minimum Gasteiger partial charge on any atom is -0.502 e. The fourth-order valence-corrected chi connectivity index (χ4v) is 3.29. The van der Waals surface area contributed by atoms with Gasteiger partial charge in [0.15, 0.2) is 11.4 Å². The van der Waals surface area contributed by atoms with Gasteiger partial charge in [0.05, 0.1) is 15.8 Å². The van der Waals surface area contributed by atoms with Gasteiger partial charge in [0.25, 0.3) is 0 Å². The van der Waals surface area contributed by atoms with Crippen LogP contribution in [-0.4, -0.2) is 34.6 Å². The second-order valence-corrected chi connectivity index (χ2v) is 6.97. The molecule has 0 unspecified atom stereocenters. The molecule has 0 aliphatic heterocycles. The number of aromatic hydroxyl groups is 1. The molecule has 3 aromatic heterocycles. The molecule has 0 saturated carbocycles. The van der Waals surface area contributed by atoms with Crippen LogP contribution in [0.5, 0.6) is 17.2 Å². The molecule has 0 radical (unpaired) electrons. The molecular formula is C21H15N7O4. The van der Waals surface area contributed by atoms with Crippen molar-refractivity contribution in [1.29, 1.82) is 0 Å². The molecular weight excluding hydrogens is 414 g/mol. The SMILES string of the molecule is Cc1cc(Nc2ncnc3cc(O)c([N+](=O)[O-])cc23)ccc1Oc1ccn2ncnc2c1. The van der Waals surface area contributed by atoms with Crippen LogP contribution in [0.4, 0.5) is 17.2 Å². The zero-order valence-corrected chi connectivity index (χ0v) is 16.6. The predicted molar refractivity (Wildman–Crippen MR) is 115 cm³/mol. The zero-order valence-electron chi connectivity index (χ0n) is 16.6. The zero-order chi connectivity index (χ0) is 22.2. The van der Waals surface area contributed by atoms with Gasteiger partial charge < -0.3 is 15.2 Å². The first-order valence-electron chi connectivity index (χ1n) is 9.45. The molecule has 0 atom stereocenters. The van der Waals surface area contributed by atoms with Gasteiger partial charge in [-0.1, -0.05) is 0 Å². The third-order valence-corrected chi connectivity index (χ3v) is 4.85. The lowest BCUT2D eigenvalue weighted by Crippen LogP contribution is -1.98. The quantitative estimate of drug-likeness (QED) is 0.311. The Labute approximate surface area is 180 Å². The van der Waals surface area contributed by atoms with Crippen LogP contribution in [0, 0.1) is 17.0 Å². The number of nitro groups is 1. The summed E-state index contributed by atoms with van der Waals surface area (Å²) < 4.78 is 7.62. The van der Waals surface area contributed by atoms with Crippen LogP contribution in [0.3, 0.4) is 0 Å². The van der Waals surface area contributed by atoms with Gasteiger partial charge in [0.2, 0.25) is 0 Å². The van der Waals surface area contributed by atoms with Crippen molar-refractivity contribution in [3.05, 3.63) is 77.0 Å². The lowest BCUT2D eigenvalue weighted by molar-refractivity contribution is -0.385. The van der Waals surface area contributed by atoms with Crippen LogP contribution in [0.1, 0.15) is 5.56 Å². The van der Waals surface area contributed by atoms with Crippen molar-refractivity contribution in [3.63, 3.8) is 0 Å². The van der Waals surface area contributed by atoms with E-state index in [0.29, 0.717) is 39.6 Å². The summed E-state index contributed by atoms with van der Waals surface area (Å²) in [5.74, 6) is 1.22. The number of fused-ring (bicyclic) bond motifs is 2. The Hall–Kier alpha value is -4.80. The van der Waals surface area contributed by atoms with Crippen LogP contribution in [0.2, 0.25) is 0 Å². The molecule has 0 bridgehead atoms. The maximum Gasteiger partial charge on any atom is 0.311 e. The lowest BCUT2D eigenvalue weighted by atomic mass is 10.1. The van der Waals surface area contributed by atoms with Crippen molar-refractivity contribution in [3.8, 4) is 17.2 Å². The van der Waals surface area contributed by atoms with E-state index >= 15 is 0 Å². The highest BCUT2D eigenvalue weighted by Crippen LogP contribution is 2.34. The van der Waals surface area contributed by atoms with E-state index in [1.807, 2.05) is 19.1 Å². The lowest BCUT2D eigenvalue weighted by Gasteiger charge is -2.12. The first-order valence-corrected chi connectivity index (χ1v) is 9.45. The number of nitrogens with one attached hydrogen (secondary N) is 1. The number of benzene rings is 2. The van der Waals surface area contributed by atoms with Gasteiger partial charge in [-0.3, -0.25) is 10.1 Å². The highest BCUT2D eigenvalue weighted by Gasteiger charge is 2.17. The molecule has 5 rings (SSSR count). The number of ether oxygens (including phenoxy) is 1. The minimum absolute atomic E-state index is 0.378. The van der Waals surface area contributed by atoms with Crippen molar-refractivity contribution in [2.75, 3.05) is 5.32 Å². The summed E-state index contributed by atoms with van der Waals surface area (Å²) in [6.07, 6.45) is 4.55. The molecule has 0 amide bonds. The molecule has 2 aromatic carbocycles. The summed E-state index contributed by atoms with van der Waals surface area (Å²) >= 11 is 0. The van der Waals surface area contributed by atoms with Gasteiger partial charge >= 0.3 is 5.69 Å². The molecule has 2 N–H and O–H groups in total. The molecule has 0 fully saturated rings. The number of hydrogen-bond donors (Lipinski definition) is 2. The molecule has 0 saturated heterocycles. The van der Waals surface area contributed by atoms with E-state index in [1.54, 1.807) is 28.9 Å². The fourth-order valence-electron chi connectivity index (χ4n) is 3.29. The first kappa shape index (κ1) is 19.2. The van der Waals surface area contributed by atoms with E-state index in [2.05, 4.69) is 25.4 Å². The maximum absolute atomic E-state index is 11.2. The summed E-state index contributed by atoms with van der Waals surface area (Å²) in [6, 6.07) is 11.6. The van der Waals surface area contributed by atoms with E-state index in [1.165, 1.54) is 24.8 Å². The molecule has 5 aromatic rings. The Bertz CT molecular complexity index is 1500. The maximum atomic E-state index is 11.2. The van der Waals surface area contributed by atoms with Crippen LogP contribution < -0.4 is 10.1 Å². The van der Waals surface area contributed by atoms with Gasteiger partial charge in [0, 0.05) is 30.1 Å². The first-order chi connectivity index (χ1) is 15.5. The summed E-state index contributed by atoms with van der Waals surface area (Å²) in [5, 5.41) is 28.7. The van der Waals surface area contributed by atoms with Crippen molar-refractivity contribution < 1.29 is 14.8 Å². The van der Waals surface area contributed by atoms with E-state index in [-0.39, 0.29) is 0 Å². The molecule has 0 spiro atoms. The molecule has 11 nitrogen and oxygen atoms in total. The number of phenolic OH excluding ortho intramolecular Hbond substituents is 1. The Morgan fingerprint density at radius 3 is 2.78 bits per heavy atom. The summed E-state index contributed by atoms with van der Waals surface area (Å²) in [4.78, 5) is 23.0. The normalized spacial score (nSPS) is 11.0. The fraction of sp³-hybridized carbons (Fsp3) is 0.0476. The minimum atomic E-state index is -0.654. The second-order valence-electron chi connectivity index (χ2n) is 6.97. The molecule has 0 aliphatic carbocycles. The topological polar surface area (TPSA) is 141 Å². The van der Waals surface area contributed by atoms with E-state index in [4.69, 9.17) is 4.74 Å². The molecule has 11 heteroatoms. The van der Waals surface area contributed by atoms with Crippen molar-refractivity contribution in [1.82, 2.24) is 24.6 Å². The number of aromatic nitrogens is 5. The second kappa shape index (κ2) is 7.47. The van der Waals surface area contributed by atoms with E-state index < -0.39 is 16.4 Å². The van der Waals surface area contributed by atoms with E-state index in [9.17, 15) is 15.2 Å². The van der Waals surface area contributed by atoms with Gasteiger partial charge in [-0.05, 0) is 36.8 Å². The van der Waals surface area contributed by atoms with Crippen LogP contribution >= 0.6 is 0 Å². The summed E-state index contributed by atoms with van der Waals surface area (Å²) in [5.41, 5.74) is 2.21. The average molecular weight is 429 g/mol. The number of nitro benzene ring substituents is 1. The van der Waals surface area contributed by atoms with E-state index in [0.717, 1.165) is 5.56 Å². The van der Waals surface area contributed by atoms with Crippen LogP contribution in [-0.2, 0) is 0 Å². The number of nitrogens with zero attached hydrogens (tertiary/aromatic N) is 6. The summed E-state index contributed by atoms with van der Waals surface area (Å²) in [6.45, 7) is 1.90. The summed E-state index contributed by atoms with van der Waals surface area (Å²) in [7, 11) is 0. The van der Waals surface area contributed by atoms with Crippen molar-refractivity contribution >= 4 is 33.7 Å². The Morgan fingerprint density at radius 2 is 1.97 bits per heavy atom. The predicted octanol–water partition coefficient (Wildman–Crippen LogP) is 4.13. The molecule has 32 heavy (non-hydrogen) atoms.